The van der Waals surface area contributed by atoms with Crippen LogP contribution in [0.1, 0.15) is 25.8 Å². The number of allylic oxidation sites excluding steroid dienone is 5. The molecule has 1 aromatic rings. The summed E-state index contributed by atoms with van der Waals surface area (Å²) in [6, 6.07) is 7.83. The fraction of sp³-hybridized carbons (Fsp3) is 0.188. The second kappa shape index (κ2) is 3.98. The minimum atomic E-state index is 0.000975. The van der Waals surface area contributed by atoms with Crippen molar-refractivity contribution >= 4 is 17.2 Å². The van der Waals surface area contributed by atoms with Crippen LogP contribution in [0, 0.1) is 0 Å². The highest BCUT2D eigenvalue weighted by molar-refractivity contribution is 6.31. The number of amides is 1. The van der Waals surface area contributed by atoms with Crippen molar-refractivity contribution in [3.8, 4) is 0 Å². The van der Waals surface area contributed by atoms with Crippen molar-refractivity contribution in [2.24, 2.45) is 0 Å². The molecule has 90 valence electrons. The highest BCUT2D eigenvalue weighted by Crippen LogP contribution is 2.34. The number of rotatable bonds is 1. The molecule has 0 bridgehead atoms. The minimum Gasteiger partial charge on any atom is -0.321 e. The summed E-state index contributed by atoms with van der Waals surface area (Å²) in [6.07, 6.45) is 5.17. The largest absolute Gasteiger partial charge is 0.321 e. The molecular formula is C16H15NO. The molecule has 1 aromatic carbocycles. The highest BCUT2D eigenvalue weighted by Gasteiger charge is 2.24. The quantitative estimate of drug-likeness (QED) is 0.741. The van der Waals surface area contributed by atoms with Gasteiger partial charge in [0.15, 0.2) is 0 Å². The standard InChI is InChI=1S/C16H15NO/c1-10-7-11(2)12(8-10)9-14-13-5-3-4-6-15(13)17-16(14)18/h3-7,9H,8H2,1-2H3,(H,17,18)/b14-9-. The molecule has 0 unspecified atom stereocenters. The number of nitrogens with one attached hydrogen (secondary N) is 1. The molecule has 0 saturated heterocycles. The third-order valence-corrected chi connectivity index (χ3v) is 3.47. The number of carbonyl (C=O) groups is 1. The number of carbonyl (C=O) groups excluding carboxylic acids is 1. The average molecular weight is 237 g/mol. The fourth-order valence-electron chi connectivity index (χ4n) is 2.57. The van der Waals surface area contributed by atoms with Crippen LogP contribution in [0.2, 0.25) is 0 Å². The number of hydrogen-bond donors (Lipinski definition) is 1. The Morgan fingerprint density at radius 2 is 2.00 bits per heavy atom. The topological polar surface area (TPSA) is 29.1 Å². The van der Waals surface area contributed by atoms with E-state index in [-0.39, 0.29) is 5.91 Å². The molecule has 2 aliphatic rings. The van der Waals surface area contributed by atoms with E-state index in [0.29, 0.717) is 0 Å². The van der Waals surface area contributed by atoms with Crippen LogP contribution in [0.5, 0.6) is 0 Å². The molecule has 2 nitrogen and oxygen atoms in total. The van der Waals surface area contributed by atoms with E-state index < -0.39 is 0 Å². The molecule has 0 atom stereocenters. The summed E-state index contributed by atoms with van der Waals surface area (Å²) in [5.41, 5.74) is 6.56. The van der Waals surface area contributed by atoms with Gasteiger partial charge in [0.2, 0.25) is 0 Å². The summed E-state index contributed by atoms with van der Waals surface area (Å²) in [5, 5.41) is 2.90. The van der Waals surface area contributed by atoms with E-state index in [1.165, 1.54) is 16.7 Å². The van der Waals surface area contributed by atoms with Gasteiger partial charge in [-0.25, -0.2) is 0 Å². The molecule has 1 heterocycles. The van der Waals surface area contributed by atoms with Crippen LogP contribution in [-0.4, -0.2) is 5.91 Å². The maximum absolute atomic E-state index is 12.0. The molecule has 1 aliphatic heterocycles. The van der Waals surface area contributed by atoms with Crippen molar-refractivity contribution in [1.29, 1.82) is 0 Å². The predicted octanol–water partition coefficient (Wildman–Crippen LogP) is 3.69. The molecule has 18 heavy (non-hydrogen) atoms. The Morgan fingerprint density at radius 3 is 2.72 bits per heavy atom. The lowest BCUT2D eigenvalue weighted by atomic mass is 10.0. The maximum Gasteiger partial charge on any atom is 0.256 e. The van der Waals surface area contributed by atoms with E-state index in [0.717, 1.165) is 23.2 Å². The summed E-state index contributed by atoms with van der Waals surface area (Å²) in [6.45, 7) is 4.22. The van der Waals surface area contributed by atoms with Gasteiger partial charge >= 0.3 is 0 Å². The van der Waals surface area contributed by atoms with Crippen molar-refractivity contribution in [2.75, 3.05) is 5.32 Å². The Hall–Kier alpha value is -2.09. The van der Waals surface area contributed by atoms with E-state index >= 15 is 0 Å². The summed E-state index contributed by atoms with van der Waals surface area (Å²) in [7, 11) is 0. The Bertz CT molecular complexity index is 632. The molecule has 1 aliphatic carbocycles. The SMILES string of the molecule is CC1=CC(C)=C(/C=C2\C(=O)Nc3ccccc32)C1. The Balaban J connectivity index is 2.04. The van der Waals surface area contributed by atoms with Crippen molar-refractivity contribution in [3.05, 3.63) is 58.7 Å². The molecule has 0 saturated carbocycles. The molecule has 0 radical (unpaired) electrons. The number of anilines is 1. The maximum atomic E-state index is 12.0. The van der Waals surface area contributed by atoms with E-state index in [4.69, 9.17) is 0 Å². The van der Waals surface area contributed by atoms with Crippen LogP contribution in [0.25, 0.3) is 5.57 Å². The molecule has 0 spiro atoms. The van der Waals surface area contributed by atoms with E-state index in [2.05, 4.69) is 25.2 Å². The van der Waals surface area contributed by atoms with Gasteiger partial charge in [-0.2, -0.15) is 0 Å². The fourth-order valence-corrected chi connectivity index (χ4v) is 2.57. The number of hydrogen-bond acceptors (Lipinski definition) is 1. The number of fused-ring (bicyclic) bond motifs is 1. The van der Waals surface area contributed by atoms with Crippen molar-refractivity contribution in [1.82, 2.24) is 0 Å². The zero-order valence-electron chi connectivity index (χ0n) is 10.6. The Labute approximate surface area is 107 Å². The van der Waals surface area contributed by atoms with Gasteiger partial charge in [0.1, 0.15) is 0 Å². The summed E-state index contributed by atoms with van der Waals surface area (Å²) < 4.78 is 0. The lowest BCUT2D eigenvalue weighted by molar-refractivity contribution is -0.110. The zero-order valence-corrected chi connectivity index (χ0v) is 10.6. The molecule has 3 rings (SSSR count). The second-order valence-corrected chi connectivity index (χ2v) is 4.93. The first-order valence-corrected chi connectivity index (χ1v) is 6.14. The van der Waals surface area contributed by atoms with Crippen LogP contribution in [-0.2, 0) is 4.79 Å². The van der Waals surface area contributed by atoms with Gasteiger partial charge < -0.3 is 5.32 Å². The molecular weight excluding hydrogens is 222 g/mol. The van der Waals surface area contributed by atoms with Crippen LogP contribution in [0.15, 0.2) is 53.1 Å². The lowest BCUT2D eigenvalue weighted by Gasteiger charge is -2.01. The van der Waals surface area contributed by atoms with Gasteiger partial charge in [0.05, 0.1) is 0 Å². The average Bonchev–Trinajstić information content (AvgIpc) is 2.81. The van der Waals surface area contributed by atoms with Gasteiger partial charge in [0.25, 0.3) is 5.91 Å². The molecule has 1 N–H and O–H groups in total. The first-order valence-electron chi connectivity index (χ1n) is 6.14. The van der Waals surface area contributed by atoms with E-state index in [1.807, 2.05) is 30.3 Å². The minimum absolute atomic E-state index is 0.000975. The summed E-state index contributed by atoms with van der Waals surface area (Å²) in [5.74, 6) is 0.000975. The van der Waals surface area contributed by atoms with Crippen LogP contribution < -0.4 is 5.32 Å². The van der Waals surface area contributed by atoms with Crippen LogP contribution in [0.4, 0.5) is 5.69 Å². The lowest BCUT2D eigenvalue weighted by Crippen LogP contribution is -2.03. The Kier molecular flexibility index (Phi) is 2.44. The van der Waals surface area contributed by atoms with Gasteiger partial charge in [0, 0.05) is 16.8 Å². The smallest absolute Gasteiger partial charge is 0.256 e. The monoisotopic (exact) mass is 237 g/mol. The van der Waals surface area contributed by atoms with Gasteiger partial charge in [-0.05, 0) is 43.6 Å². The number of para-hydroxylation sites is 1. The zero-order chi connectivity index (χ0) is 12.7. The van der Waals surface area contributed by atoms with Crippen LogP contribution >= 0.6 is 0 Å². The third-order valence-electron chi connectivity index (χ3n) is 3.47. The summed E-state index contributed by atoms with van der Waals surface area (Å²) >= 11 is 0. The van der Waals surface area contributed by atoms with Crippen molar-refractivity contribution in [3.63, 3.8) is 0 Å². The van der Waals surface area contributed by atoms with Gasteiger partial charge in [-0.15, -0.1) is 0 Å². The first-order chi connectivity index (χ1) is 8.65. The molecule has 0 aromatic heterocycles. The molecule has 1 amide bonds. The van der Waals surface area contributed by atoms with Crippen molar-refractivity contribution < 1.29 is 4.79 Å². The first kappa shape index (κ1) is 11.0. The predicted molar refractivity (Wildman–Crippen MR) is 74.1 cm³/mol. The Morgan fingerprint density at radius 1 is 1.22 bits per heavy atom. The van der Waals surface area contributed by atoms with Crippen molar-refractivity contribution in [2.45, 2.75) is 20.3 Å². The second-order valence-electron chi connectivity index (χ2n) is 4.93. The van der Waals surface area contributed by atoms with Crippen LogP contribution in [0.3, 0.4) is 0 Å². The normalized spacial score (nSPS) is 20.2. The highest BCUT2D eigenvalue weighted by atomic mass is 16.2. The van der Waals surface area contributed by atoms with E-state index in [9.17, 15) is 4.79 Å². The summed E-state index contributed by atoms with van der Waals surface area (Å²) in [4.78, 5) is 12.0. The van der Waals surface area contributed by atoms with Gasteiger partial charge in [-0.3, -0.25) is 4.79 Å². The molecule has 0 fully saturated rings. The van der Waals surface area contributed by atoms with Gasteiger partial charge in [-0.1, -0.05) is 29.8 Å². The number of benzene rings is 1. The third kappa shape index (κ3) is 1.70. The molecule has 2 heteroatoms. The van der Waals surface area contributed by atoms with E-state index in [1.54, 1.807) is 0 Å².